The Morgan fingerprint density at radius 1 is 1.61 bits per heavy atom. The number of aromatic nitrogens is 4. The SMILES string of the molecule is COCCn1cccc1C(=O)Nc1n[nH]c(C)n1. The zero-order chi connectivity index (χ0) is 13.0. The van der Waals surface area contributed by atoms with Crippen molar-refractivity contribution in [2.45, 2.75) is 13.5 Å². The number of H-pyrrole nitrogens is 1. The Labute approximate surface area is 104 Å². The first-order valence-corrected chi connectivity index (χ1v) is 5.55. The number of carbonyl (C=O) groups is 1. The van der Waals surface area contributed by atoms with Gasteiger partial charge in [-0.15, -0.1) is 5.10 Å². The topological polar surface area (TPSA) is 84.8 Å². The molecule has 2 aromatic heterocycles. The number of carbonyl (C=O) groups excluding carboxylic acids is 1. The third-order valence-corrected chi connectivity index (χ3v) is 2.42. The van der Waals surface area contributed by atoms with E-state index >= 15 is 0 Å². The summed E-state index contributed by atoms with van der Waals surface area (Å²) in [7, 11) is 1.62. The molecule has 0 unspecified atom stereocenters. The minimum Gasteiger partial charge on any atom is -0.383 e. The van der Waals surface area contributed by atoms with E-state index in [1.54, 1.807) is 20.1 Å². The summed E-state index contributed by atoms with van der Waals surface area (Å²) in [5, 5.41) is 9.15. The van der Waals surface area contributed by atoms with Crippen molar-refractivity contribution in [1.29, 1.82) is 0 Å². The van der Waals surface area contributed by atoms with Gasteiger partial charge in [0.1, 0.15) is 11.5 Å². The molecule has 0 bridgehead atoms. The summed E-state index contributed by atoms with van der Waals surface area (Å²) in [6, 6.07) is 3.55. The maximum absolute atomic E-state index is 12.0. The van der Waals surface area contributed by atoms with Crippen LogP contribution in [0.15, 0.2) is 18.3 Å². The van der Waals surface area contributed by atoms with Crippen molar-refractivity contribution >= 4 is 11.9 Å². The average Bonchev–Trinajstić information content (AvgIpc) is 2.95. The third-order valence-electron chi connectivity index (χ3n) is 2.42. The number of nitrogens with zero attached hydrogens (tertiary/aromatic N) is 3. The van der Waals surface area contributed by atoms with E-state index in [9.17, 15) is 4.79 Å². The minimum atomic E-state index is -0.241. The highest BCUT2D eigenvalue weighted by Crippen LogP contribution is 2.06. The van der Waals surface area contributed by atoms with E-state index in [0.29, 0.717) is 24.7 Å². The summed E-state index contributed by atoms with van der Waals surface area (Å²) in [4.78, 5) is 16.0. The Kier molecular flexibility index (Phi) is 3.73. The van der Waals surface area contributed by atoms with Gasteiger partial charge in [-0.05, 0) is 19.1 Å². The Balaban J connectivity index is 2.06. The highest BCUT2D eigenvalue weighted by atomic mass is 16.5. The fraction of sp³-hybridized carbons (Fsp3) is 0.364. The molecule has 0 aliphatic carbocycles. The van der Waals surface area contributed by atoms with Gasteiger partial charge in [0.05, 0.1) is 6.61 Å². The molecule has 0 fully saturated rings. The molecule has 0 aliphatic rings. The van der Waals surface area contributed by atoms with Gasteiger partial charge < -0.3 is 9.30 Å². The predicted molar refractivity (Wildman–Crippen MR) is 65.4 cm³/mol. The normalized spacial score (nSPS) is 10.6. The van der Waals surface area contributed by atoms with Crippen LogP contribution in [0.4, 0.5) is 5.95 Å². The molecule has 7 nitrogen and oxygen atoms in total. The molecule has 0 spiro atoms. The molecule has 2 rings (SSSR count). The first-order valence-electron chi connectivity index (χ1n) is 5.55. The molecule has 96 valence electrons. The lowest BCUT2D eigenvalue weighted by atomic mass is 10.4. The van der Waals surface area contributed by atoms with Gasteiger partial charge in [0.2, 0.25) is 5.95 Å². The number of methoxy groups -OCH3 is 1. The number of hydrogen-bond donors (Lipinski definition) is 2. The number of amides is 1. The molecule has 0 radical (unpaired) electrons. The lowest BCUT2D eigenvalue weighted by Crippen LogP contribution is -2.18. The molecule has 18 heavy (non-hydrogen) atoms. The predicted octanol–water partition coefficient (Wildman–Crippen LogP) is 0.813. The number of aryl methyl sites for hydroxylation is 1. The van der Waals surface area contributed by atoms with Crippen LogP contribution in [0.1, 0.15) is 16.3 Å². The van der Waals surface area contributed by atoms with Crippen molar-refractivity contribution in [2.24, 2.45) is 0 Å². The van der Waals surface area contributed by atoms with Crippen molar-refractivity contribution in [3.8, 4) is 0 Å². The fourth-order valence-electron chi connectivity index (χ4n) is 1.57. The standard InChI is InChI=1S/C11H15N5O2/c1-8-12-11(15-14-8)13-10(17)9-4-3-5-16(9)6-7-18-2/h3-5H,6-7H2,1-2H3,(H2,12,13,14,15,17). The first-order chi connectivity index (χ1) is 8.70. The van der Waals surface area contributed by atoms with Crippen LogP contribution in [0.25, 0.3) is 0 Å². The number of hydrogen-bond acceptors (Lipinski definition) is 4. The first kappa shape index (κ1) is 12.3. The maximum Gasteiger partial charge on any atom is 0.274 e. The summed E-state index contributed by atoms with van der Waals surface area (Å²) in [5.74, 6) is 0.687. The Morgan fingerprint density at radius 2 is 2.44 bits per heavy atom. The molecule has 0 atom stereocenters. The lowest BCUT2D eigenvalue weighted by Gasteiger charge is -2.07. The van der Waals surface area contributed by atoms with Crippen LogP contribution in [0.2, 0.25) is 0 Å². The second-order valence-corrected chi connectivity index (χ2v) is 3.78. The van der Waals surface area contributed by atoms with E-state index in [2.05, 4.69) is 20.5 Å². The minimum absolute atomic E-state index is 0.241. The van der Waals surface area contributed by atoms with E-state index in [0.717, 1.165) is 0 Å². The van der Waals surface area contributed by atoms with Crippen LogP contribution in [0.3, 0.4) is 0 Å². The Hall–Kier alpha value is -2.15. The van der Waals surface area contributed by atoms with Gasteiger partial charge in [-0.3, -0.25) is 15.2 Å². The van der Waals surface area contributed by atoms with Gasteiger partial charge >= 0.3 is 0 Å². The largest absolute Gasteiger partial charge is 0.383 e. The molecule has 2 aromatic rings. The molecule has 7 heteroatoms. The molecule has 2 N–H and O–H groups in total. The van der Waals surface area contributed by atoms with Gasteiger partial charge in [0, 0.05) is 19.9 Å². The molecular formula is C11H15N5O2. The maximum atomic E-state index is 12.0. The number of ether oxygens (including phenoxy) is 1. The monoisotopic (exact) mass is 249 g/mol. The van der Waals surface area contributed by atoms with Gasteiger partial charge in [0.15, 0.2) is 0 Å². The molecule has 0 aliphatic heterocycles. The van der Waals surface area contributed by atoms with Gasteiger partial charge in [-0.25, -0.2) is 0 Å². The van der Waals surface area contributed by atoms with Crippen LogP contribution in [-0.4, -0.2) is 39.4 Å². The van der Waals surface area contributed by atoms with Crippen LogP contribution >= 0.6 is 0 Å². The molecule has 0 saturated heterocycles. The van der Waals surface area contributed by atoms with Crippen molar-refractivity contribution in [1.82, 2.24) is 19.7 Å². The van der Waals surface area contributed by atoms with Gasteiger partial charge in [-0.2, -0.15) is 4.98 Å². The van der Waals surface area contributed by atoms with Crippen LogP contribution in [0, 0.1) is 6.92 Å². The van der Waals surface area contributed by atoms with E-state index in [1.807, 2.05) is 16.8 Å². The molecular weight excluding hydrogens is 234 g/mol. The summed E-state index contributed by atoms with van der Waals surface area (Å²) in [5.41, 5.74) is 0.550. The molecule has 2 heterocycles. The number of nitrogens with one attached hydrogen (secondary N) is 2. The zero-order valence-electron chi connectivity index (χ0n) is 10.3. The number of anilines is 1. The molecule has 0 saturated carbocycles. The Morgan fingerprint density at radius 3 is 3.11 bits per heavy atom. The quantitative estimate of drug-likeness (QED) is 0.821. The number of aromatic amines is 1. The Bertz CT molecular complexity index is 531. The van der Waals surface area contributed by atoms with Crippen molar-refractivity contribution in [3.05, 3.63) is 29.8 Å². The highest BCUT2D eigenvalue weighted by molar-refractivity contribution is 6.02. The van der Waals surface area contributed by atoms with Crippen LogP contribution < -0.4 is 5.32 Å². The second kappa shape index (κ2) is 5.46. The average molecular weight is 249 g/mol. The summed E-state index contributed by atoms with van der Waals surface area (Å²) in [6.45, 7) is 2.94. The van der Waals surface area contributed by atoms with Gasteiger partial charge in [-0.1, -0.05) is 0 Å². The van der Waals surface area contributed by atoms with Crippen molar-refractivity contribution in [3.63, 3.8) is 0 Å². The van der Waals surface area contributed by atoms with Crippen molar-refractivity contribution < 1.29 is 9.53 Å². The smallest absolute Gasteiger partial charge is 0.274 e. The summed E-state index contributed by atoms with van der Waals surface area (Å²) < 4.78 is 6.81. The molecule has 1 amide bonds. The van der Waals surface area contributed by atoms with E-state index < -0.39 is 0 Å². The third kappa shape index (κ3) is 2.75. The number of rotatable bonds is 5. The summed E-state index contributed by atoms with van der Waals surface area (Å²) in [6.07, 6.45) is 1.83. The van der Waals surface area contributed by atoms with Crippen LogP contribution in [-0.2, 0) is 11.3 Å². The highest BCUT2D eigenvalue weighted by Gasteiger charge is 2.12. The van der Waals surface area contributed by atoms with Gasteiger partial charge in [0.25, 0.3) is 5.91 Å². The van der Waals surface area contributed by atoms with Crippen LogP contribution in [0.5, 0.6) is 0 Å². The van der Waals surface area contributed by atoms with Crippen molar-refractivity contribution in [2.75, 3.05) is 19.0 Å². The molecule has 0 aromatic carbocycles. The second-order valence-electron chi connectivity index (χ2n) is 3.78. The fourth-order valence-corrected chi connectivity index (χ4v) is 1.57. The zero-order valence-corrected chi connectivity index (χ0v) is 10.3. The van der Waals surface area contributed by atoms with E-state index in [4.69, 9.17) is 4.74 Å². The summed E-state index contributed by atoms with van der Waals surface area (Å²) >= 11 is 0. The lowest BCUT2D eigenvalue weighted by molar-refractivity contribution is 0.101. The van der Waals surface area contributed by atoms with E-state index in [1.165, 1.54) is 0 Å². The van der Waals surface area contributed by atoms with E-state index in [-0.39, 0.29) is 11.9 Å².